The van der Waals surface area contributed by atoms with Crippen molar-refractivity contribution in [2.75, 3.05) is 30.4 Å². The molecule has 166 valence electrons. The number of carbonyl (C=O) groups is 1. The first-order chi connectivity index (χ1) is 16.1. The van der Waals surface area contributed by atoms with Crippen LogP contribution >= 0.6 is 0 Å². The number of fused-ring (bicyclic) bond motifs is 1. The Bertz CT molecular complexity index is 1210. The van der Waals surface area contributed by atoms with Crippen LogP contribution in [-0.4, -0.2) is 36.7 Å². The van der Waals surface area contributed by atoms with E-state index in [1.807, 2.05) is 77.7 Å². The Balaban J connectivity index is 1.44. The van der Waals surface area contributed by atoms with Gasteiger partial charge in [-0.3, -0.25) is 14.6 Å². The van der Waals surface area contributed by atoms with Gasteiger partial charge in [0.2, 0.25) is 0 Å². The van der Waals surface area contributed by atoms with Gasteiger partial charge in [0.05, 0.1) is 24.3 Å². The third-order valence-corrected chi connectivity index (χ3v) is 6.70. The van der Waals surface area contributed by atoms with Crippen LogP contribution in [0.3, 0.4) is 0 Å². The van der Waals surface area contributed by atoms with E-state index in [1.54, 1.807) is 7.11 Å². The van der Waals surface area contributed by atoms with E-state index in [-0.39, 0.29) is 5.91 Å². The summed E-state index contributed by atoms with van der Waals surface area (Å²) in [4.78, 5) is 18.0. The maximum Gasteiger partial charge on any atom is 0.262 e. The largest absolute Gasteiger partial charge is 0.497 e. The topological polar surface area (TPSA) is 68.6 Å². The number of nitrogens with zero attached hydrogens (tertiary/aromatic N) is 3. The predicted octanol–water partition coefficient (Wildman–Crippen LogP) is 4.63. The Labute approximate surface area is 194 Å². The molecular formula is C27H26N4O2. The molecule has 2 aliphatic rings. The van der Waals surface area contributed by atoms with Crippen LogP contribution in [0.25, 0.3) is 0 Å². The van der Waals surface area contributed by atoms with Gasteiger partial charge in [-0.1, -0.05) is 30.3 Å². The van der Waals surface area contributed by atoms with Gasteiger partial charge in [0.25, 0.3) is 5.91 Å². The van der Waals surface area contributed by atoms with Crippen LogP contribution in [0.2, 0.25) is 0 Å². The molecule has 0 unspecified atom stereocenters. The molecule has 0 radical (unpaired) electrons. The summed E-state index contributed by atoms with van der Waals surface area (Å²) in [6.45, 7) is 2.36. The van der Waals surface area contributed by atoms with E-state index in [9.17, 15) is 10.1 Å². The minimum absolute atomic E-state index is 0.0118. The van der Waals surface area contributed by atoms with E-state index in [0.29, 0.717) is 5.56 Å². The summed E-state index contributed by atoms with van der Waals surface area (Å²) in [5.41, 5.74) is 3.68. The molecular weight excluding hydrogens is 412 g/mol. The number of nitrogens with one attached hydrogen (secondary N) is 1. The van der Waals surface area contributed by atoms with Crippen LogP contribution in [0.15, 0.2) is 72.8 Å². The SMILES string of the molecule is COc1ccc(N2C(=O)c3ccccc3NC23CCN(Cc2ccccc2C#N)CC3)cc1. The van der Waals surface area contributed by atoms with E-state index in [2.05, 4.69) is 16.3 Å². The fourth-order valence-corrected chi connectivity index (χ4v) is 4.93. The highest BCUT2D eigenvalue weighted by Crippen LogP contribution is 2.41. The van der Waals surface area contributed by atoms with Crippen molar-refractivity contribution >= 4 is 17.3 Å². The highest BCUT2D eigenvalue weighted by Gasteiger charge is 2.47. The molecule has 1 spiro atoms. The lowest BCUT2D eigenvalue weighted by atomic mass is 9.89. The van der Waals surface area contributed by atoms with Crippen molar-refractivity contribution in [3.8, 4) is 11.8 Å². The van der Waals surface area contributed by atoms with E-state index in [4.69, 9.17) is 4.74 Å². The quantitative estimate of drug-likeness (QED) is 0.643. The van der Waals surface area contributed by atoms with E-state index >= 15 is 0 Å². The second kappa shape index (κ2) is 8.61. The van der Waals surface area contributed by atoms with Crippen molar-refractivity contribution in [1.82, 2.24) is 4.90 Å². The highest BCUT2D eigenvalue weighted by molar-refractivity contribution is 6.12. The van der Waals surface area contributed by atoms with Crippen molar-refractivity contribution in [3.63, 3.8) is 0 Å². The molecule has 5 rings (SSSR count). The maximum absolute atomic E-state index is 13.7. The van der Waals surface area contributed by atoms with Crippen molar-refractivity contribution in [2.24, 2.45) is 0 Å². The number of nitriles is 1. The molecule has 33 heavy (non-hydrogen) atoms. The molecule has 6 nitrogen and oxygen atoms in total. The lowest BCUT2D eigenvalue weighted by molar-refractivity contribution is 0.0904. The first-order valence-corrected chi connectivity index (χ1v) is 11.2. The third kappa shape index (κ3) is 3.81. The summed E-state index contributed by atoms with van der Waals surface area (Å²) in [7, 11) is 1.64. The molecule has 1 fully saturated rings. The number of benzene rings is 3. The predicted molar refractivity (Wildman–Crippen MR) is 128 cm³/mol. The maximum atomic E-state index is 13.7. The molecule has 2 aliphatic heterocycles. The fourth-order valence-electron chi connectivity index (χ4n) is 4.93. The monoisotopic (exact) mass is 438 g/mol. The zero-order valence-corrected chi connectivity index (χ0v) is 18.6. The minimum Gasteiger partial charge on any atom is -0.497 e. The molecule has 3 aromatic carbocycles. The van der Waals surface area contributed by atoms with E-state index in [0.717, 1.165) is 60.7 Å². The third-order valence-electron chi connectivity index (χ3n) is 6.70. The van der Waals surface area contributed by atoms with Gasteiger partial charge in [-0.2, -0.15) is 5.26 Å². The first-order valence-electron chi connectivity index (χ1n) is 11.2. The van der Waals surface area contributed by atoms with Crippen molar-refractivity contribution in [1.29, 1.82) is 5.26 Å². The van der Waals surface area contributed by atoms with Gasteiger partial charge >= 0.3 is 0 Å². The Morgan fingerprint density at radius 1 is 1.00 bits per heavy atom. The molecule has 1 N–H and O–H groups in total. The summed E-state index contributed by atoms with van der Waals surface area (Å²) >= 11 is 0. The van der Waals surface area contributed by atoms with Crippen molar-refractivity contribution in [2.45, 2.75) is 25.0 Å². The Hall–Kier alpha value is -3.82. The lowest BCUT2D eigenvalue weighted by Crippen LogP contribution is -2.64. The average Bonchev–Trinajstić information content (AvgIpc) is 2.86. The first kappa shape index (κ1) is 21.0. The number of piperidine rings is 1. The number of hydrogen-bond donors (Lipinski definition) is 1. The van der Waals surface area contributed by atoms with Crippen molar-refractivity contribution in [3.05, 3.63) is 89.5 Å². The second-order valence-corrected chi connectivity index (χ2v) is 8.59. The number of amides is 1. The van der Waals surface area contributed by atoms with Crippen LogP contribution in [-0.2, 0) is 6.54 Å². The number of hydrogen-bond acceptors (Lipinski definition) is 5. The van der Waals surface area contributed by atoms with Gasteiger partial charge in [0.1, 0.15) is 11.4 Å². The molecule has 0 atom stereocenters. The van der Waals surface area contributed by atoms with Crippen LogP contribution < -0.4 is 15.0 Å². The molecule has 1 amide bonds. The molecule has 0 aromatic heterocycles. The number of para-hydroxylation sites is 1. The van der Waals surface area contributed by atoms with Crippen LogP contribution in [0, 0.1) is 11.3 Å². The molecule has 2 heterocycles. The van der Waals surface area contributed by atoms with Crippen molar-refractivity contribution < 1.29 is 9.53 Å². The number of carbonyl (C=O) groups excluding carboxylic acids is 1. The van der Waals surface area contributed by atoms with Gasteiger partial charge < -0.3 is 10.1 Å². The summed E-state index contributed by atoms with van der Waals surface area (Å²) < 4.78 is 5.32. The summed E-state index contributed by atoms with van der Waals surface area (Å²) in [5.74, 6) is 0.773. The lowest BCUT2D eigenvalue weighted by Gasteiger charge is -2.52. The number of methoxy groups -OCH3 is 1. The average molecular weight is 439 g/mol. The van der Waals surface area contributed by atoms with Crippen LogP contribution in [0.1, 0.15) is 34.3 Å². The number of rotatable bonds is 4. The molecule has 6 heteroatoms. The second-order valence-electron chi connectivity index (χ2n) is 8.59. The zero-order chi connectivity index (χ0) is 22.8. The van der Waals surface area contributed by atoms with Gasteiger partial charge in [-0.05, 0) is 48.0 Å². The molecule has 0 saturated carbocycles. The van der Waals surface area contributed by atoms with Gasteiger partial charge in [-0.25, -0.2) is 0 Å². The van der Waals surface area contributed by atoms with Gasteiger partial charge in [0, 0.05) is 43.9 Å². The Morgan fingerprint density at radius 3 is 2.42 bits per heavy atom. The standard InChI is InChI=1S/C27H26N4O2/c1-33-23-12-10-22(11-13-23)31-26(32)24-8-4-5-9-25(24)29-27(31)14-16-30(17-15-27)19-21-7-3-2-6-20(21)18-28/h2-13,29H,14-17,19H2,1H3. The normalized spacial score (nSPS) is 17.2. The minimum atomic E-state index is -0.509. The smallest absolute Gasteiger partial charge is 0.262 e. The fraction of sp³-hybridized carbons (Fsp3) is 0.259. The molecule has 3 aromatic rings. The van der Waals surface area contributed by atoms with Crippen LogP contribution in [0.4, 0.5) is 11.4 Å². The summed E-state index contributed by atoms with van der Waals surface area (Å²) in [6.07, 6.45) is 1.54. The Morgan fingerprint density at radius 2 is 1.70 bits per heavy atom. The molecule has 0 bridgehead atoms. The number of anilines is 2. The summed E-state index contributed by atoms with van der Waals surface area (Å²) in [6, 6.07) is 25.5. The highest BCUT2D eigenvalue weighted by atomic mass is 16.5. The number of likely N-dealkylation sites (tertiary alicyclic amines) is 1. The molecule has 0 aliphatic carbocycles. The van der Waals surface area contributed by atoms with Gasteiger partial charge in [-0.15, -0.1) is 0 Å². The number of ether oxygens (including phenoxy) is 1. The van der Waals surface area contributed by atoms with Gasteiger partial charge in [0.15, 0.2) is 0 Å². The van der Waals surface area contributed by atoms with Crippen LogP contribution in [0.5, 0.6) is 5.75 Å². The molecule has 1 saturated heterocycles. The zero-order valence-electron chi connectivity index (χ0n) is 18.6. The Kier molecular flexibility index (Phi) is 5.49. The van der Waals surface area contributed by atoms with E-state index in [1.165, 1.54) is 0 Å². The summed E-state index contributed by atoms with van der Waals surface area (Å²) in [5, 5.41) is 13.2. The van der Waals surface area contributed by atoms with E-state index < -0.39 is 5.66 Å².